The fourth-order valence-electron chi connectivity index (χ4n) is 5.00. The third kappa shape index (κ3) is 5.77. The van der Waals surface area contributed by atoms with Crippen molar-refractivity contribution in [3.05, 3.63) is 41.5 Å². The van der Waals surface area contributed by atoms with Crippen molar-refractivity contribution >= 4 is 23.7 Å². The molecule has 0 unspecified atom stereocenters. The maximum absolute atomic E-state index is 13.3. The van der Waals surface area contributed by atoms with Gasteiger partial charge in [0.25, 0.3) is 0 Å². The second-order valence-electron chi connectivity index (χ2n) is 10.3. The number of anilines is 1. The van der Waals surface area contributed by atoms with Crippen LogP contribution in [0.5, 0.6) is 23.0 Å². The van der Waals surface area contributed by atoms with Gasteiger partial charge < -0.3 is 24.3 Å². The number of hydroxylamine groups is 2. The molecule has 1 saturated heterocycles. The van der Waals surface area contributed by atoms with Crippen molar-refractivity contribution in [3.8, 4) is 23.0 Å². The summed E-state index contributed by atoms with van der Waals surface area (Å²) in [6.45, 7) is 7.54. The Kier molecular flexibility index (Phi) is 8.21. The Morgan fingerprint density at radius 2 is 1.36 bits per heavy atom. The van der Waals surface area contributed by atoms with Crippen molar-refractivity contribution in [2.45, 2.75) is 51.6 Å². The van der Waals surface area contributed by atoms with Gasteiger partial charge in [-0.15, -0.1) is 10.3 Å². The lowest BCUT2D eigenvalue weighted by atomic mass is 9.75. The summed E-state index contributed by atoms with van der Waals surface area (Å²) in [6.07, 6.45) is 4.81. The molecule has 1 aliphatic heterocycles. The fourth-order valence-corrected chi connectivity index (χ4v) is 5.00. The number of ether oxygens (including phenoxy) is 4. The molecule has 8 heteroatoms. The number of hydrogen-bond donors (Lipinski definition) is 1. The van der Waals surface area contributed by atoms with E-state index >= 15 is 0 Å². The number of nitrogens with one attached hydrogen (secondary N) is 1. The molecule has 0 aliphatic carbocycles. The van der Waals surface area contributed by atoms with E-state index < -0.39 is 11.1 Å². The number of piperidine rings is 1. The molecule has 0 spiro atoms. The van der Waals surface area contributed by atoms with Crippen molar-refractivity contribution in [1.29, 1.82) is 0 Å². The Morgan fingerprint density at radius 3 is 1.86 bits per heavy atom. The summed E-state index contributed by atoms with van der Waals surface area (Å²) >= 11 is 0. The van der Waals surface area contributed by atoms with Gasteiger partial charge in [0.2, 0.25) is 11.7 Å². The first-order chi connectivity index (χ1) is 16.9. The van der Waals surface area contributed by atoms with Crippen LogP contribution in [0.4, 0.5) is 5.69 Å². The van der Waals surface area contributed by atoms with Gasteiger partial charge in [0.1, 0.15) is 5.75 Å². The number of methoxy groups -OCH3 is 4. The van der Waals surface area contributed by atoms with Crippen molar-refractivity contribution < 1.29 is 28.9 Å². The van der Waals surface area contributed by atoms with Gasteiger partial charge in [0.15, 0.2) is 11.5 Å². The monoisotopic (exact) mass is 497 g/mol. The molecule has 0 saturated carbocycles. The lowest BCUT2D eigenvalue weighted by Crippen LogP contribution is -2.59. The molecule has 8 nitrogen and oxygen atoms in total. The van der Waals surface area contributed by atoms with Gasteiger partial charge in [-0.1, -0.05) is 18.2 Å². The molecular weight excluding hydrogens is 460 g/mol. The van der Waals surface area contributed by atoms with Crippen LogP contribution in [0.3, 0.4) is 0 Å². The number of benzene rings is 2. The van der Waals surface area contributed by atoms with Gasteiger partial charge in [0, 0.05) is 17.0 Å². The number of hydrogen-bond acceptors (Lipinski definition) is 6. The number of carbonyl (C=O) groups excluding carboxylic acids is 1. The van der Waals surface area contributed by atoms with Crippen LogP contribution in [0.25, 0.3) is 12.2 Å². The van der Waals surface area contributed by atoms with Crippen LogP contribution in [-0.4, -0.2) is 50.5 Å². The predicted octanol–water partition coefficient (Wildman–Crippen LogP) is 5.44. The third-order valence-electron chi connectivity index (χ3n) is 6.60. The highest BCUT2D eigenvalue weighted by molar-refractivity contribution is 5.94. The van der Waals surface area contributed by atoms with Crippen molar-refractivity contribution in [2.24, 2.45) is 5.92 Å². The Balaban J connectivity index is 1.85. The van der Waals surface area contributed by atoms with Crippen LogP contribution in [0.2, 0.25) is 0 Å². The highest BCUT2D eigenvalue weighted by atomic mass is 16.5. The van der Waals surface area contributed by atoms with E-state index in [1.807, 2.05) is 70.2 Å². The molecule has 1 fully saturated rings. The minimum Gasteiger partial charge on any atom is -0.495 e. The van der Waals surface area contributed by atoms with Crippen LogP contribution in [0, 0.1) is 5.92 Å². The van der Waals surface area contributed by atoms with E-state index in [-0.39, 0.29) is 11.8 Å². The minimum atomic E-state index is -0.626. The Bertz CT molecular complexity index is 1080. The van der Waals surface area contributed by atoms with Crippen molar-refractivity contribution in [2.75, 3.05) is 33.8 Å². The minimum absolute atomic E-state index is 0.117. The molecule has 1 heterocycles. The summed E-state index contributed by atoms with van der Waals surface area (Å²) < 4.78 is 21.7. The molecule has 2 aromatic carbocycles. The second kappa shape index (κ2) is 10.8. The molecule has 0 aromatic heterocycles. The zero-order valence-corrected chi connectivity index (χ0v) is 22.4. The smallest absolute Gasteiger partial charge is 0.227 e. The van der Waals surface area contributed by atoms with Gasteiger partial charge in [-0.25, -0.2) is 0 Å². The SMILES string of the molecule is COc1ccc(/C=C\c2cc(OC)c(OC)c(OC)c2)cc1NC(=O)C1CC(C)(C)N([O])C(C)(C)C1. The lowest BCUT2D eigenvalue weighted by molar-refractivity contribution is -0.292. The Morgan fingerprint density at radius 1 is 0.833 bits per heavy atom. The average molecular weight is 498 g/mol. The van der Waals surface area contributed by atoms with E-state index in [1.165, 1.54) is 0 Å². The van der Waals surface area contributed by atoms with E-state index in [2.05, 4.69) is 5.32 Å². The van der Waals surface area contributed by atoms with Gasteiger partial charge in [-0.2, -0.15) is 0 Å². The number of amides is 1. The second-order valence-corrected chi connectivity index (χ2v) is 10.3. The van der Waals surface area contributed by atoms with E-state index in [1.54, 1.807) is 28.4 Å². The predicted molar refractivity (Wildman–Crippen MR) is 140 cm³/mol. The van der Waals surface area contributed by atoms with Crippen molar-refractivity contribution in [1.82, 2.24) is 5.06 Å². The maximum Gasteiger partial charge on any atom is 0.227 e. The van der Waals surface area contributed by atoms with E-state index in [0.29, 0.717) is 41.5 Å². The fraction of sp³-hybridized carbons (Fsp3) is 0.464. The molecule has 2 aromatic rings. The molecule has 3 rings (SSSR count). The van der Waals surface area contributed by atoms with Gasteiger partial charge >= 0.3 is 0 Å². The first-order valence-corrected chi connectivity index (χ1v) is 11.9. The van der Waals surface area contributed by atoms with Crippen LogP contribution in [0.15, 0.2) is 30.3 Å². The number of rotatable bonds is 8. The largest absolute Gasteiger partial charge is 0.495 e. The number of carbonyl (C=O) groups is 1. The third-order valence-corrected chi connectivity index (χ3v) is 6.60. The molecule has 1 aliphatic rings. The molecule has 1 radical (unpaired) electrons. The molecule has 0 bridgehead atoms. The van der Waals surface area contributed by atoms with Gasteiger partial charge in [-0.3, -0.25) is 4.79 Å². The molecule has 0 atom stereocenters. The standard InChI is InChI=1S/C28H37N2O6/c1-27(2)16-20(17-28(3,4)30(27)32)26(31)29-21-13-18(11-12-22(21)33-5)9-10-19-14-23(34-6)25(36-8)24(15-19)35-7/h9-15,20H,16-17H2,1-8H3,(H,29,31)/b10-9-. The first-order valence-electron chi connectivity index (χ1n) is 11.9. The number of nitrogens with zero attached hydrogens (tertiary/aromatic N) is 1. The van der Waals surface area contributed by atoms with Crippen LogP contribution in [0.1, 0.15) is 51.7 Å². The van der Waals surface area contributed by atoms with Crippen molar-refractivity contribution in [3.63, 3.8) is 0 Å². The Hall–Kier alpha value is -3.23. The molecule has 195 valence electrons. The van der Waals surface area contributed by atoms with E-state index in [0.717, 1.165) is 16.2 Å². The first kappa shape index (κ1) is 27.4. The van der Waals surface area contributed by atoms with Gasteiger partial charge in [-0.05, 0) is 75.9 Å². The van der Waals surface area contributed by atoms with Gasteiger partial charge in [0.05, 0.1) is 34.1 Å². The quantitative estimate of drug-likeness (QED) is 0.488. The topological polar surface area (TPSA) is 89.2 Å². The lowest BCUT2D eigenvalue weighted by Gasteiger charge is -2.49. The highest BCUT2D eigenvalue weighted by Crippen LogP contribution is 2.41. The summed E-state index contributed by atoms with van der Waals surface area (Å²) in [6, 6.07) is 9.31. The Labute approximate surface area is 213 Å². The normalized spacial score (nSPS) is 17.6. The van der Waals surface area contributed by atoms with E-state index in [9.17, 15) is 10.0 Å². The average Bonchev–Trinajstić information content (AvgIpc) is 2.84. The summed E-state index contributed by atoms with van der Waals surface area (Å²) in [5.74, 6) is 1.81. The summed E-state index contributed by atoms with van der Waals surface area (Å²) in [5, 5.41) is 16.8. The zero-order chi connectivity index (χ0) is 26.7. The van der Waals surface area contributed by atoms with Crippen LogP contribution < -0.4 is 24.3 Å². The molecule has 1 amide bonds. The molecule has 36 heavy (non-hydrogen) atoms. The summed E-state index contributed by atoms with van der Waals surface area (Å²) in [7, 11) is 6.28. The van der Waals surface area contributed by atoms with Crippen LogP contribution >= 0.6 is 0 Å². The molecule has 1 N–H and O–H groups in total. The van der Waals surface area contributed by atoms with E-state index in [4.69, 9.17) is 18.9 Å². The maximum atomic E-state index is 13.3. The zero-order valence-electron chi connectivity index (χ0n) is 22.4. The molecular formula is C28H37N2O6. The highest BCUT2D eigenvalue weighted by Gasteiger charge is 2.48. The van der Waals surface area contributed by atoms with Crippen LogP contribution in [-0.2, 0) is 10.0 Å². The summed E-state index contributed by atoms with van der Waals surface area (Å²) in [5.41, 5.74) is 1.06. The summed E-state index contributed by atoms with van der Waals surface area (Å²) in [4.78, 5) is 13.3.